The summed E-state index contributed by atoms with van der Waals surface area (Å²) in [6, 6.07) is 0. The maximum absolute atomic E-state index is 11.2. The lowest BCUT2D eigenvalue weighted by atomic mass is 10.1. The molecule has 0 amide bonds. The highest BCUT2D eigenvalue weighted by atomic mass is 33.1. The van der Waals surface area contributed by atoms with Gasteiger partial charge in [-0.05, 0) is 38.2 Å². The summed E-state index contributed by atoms with van der Waals surface area (Å²) < 4.78 is -2.06. The Morgan fingerprint density at radius 2 is 1.22 bits per heavy atom. The Morgan fingerprint density at radius 1 is 0.944 bits per heavy atom. The molecule has 0 saturated heterocycles. The molecule has 0 aliphatic heterocycles. The van der Waals surface area contributed by atoms with E-state index in [1.54, 1.807) is 13.8 Å². The van der Waals surface area contributed by atoms with Gasteiger partial charge in [-0.25, -0.2) is 0 Å². The van der Waals surface area contributed by atoms with Crippen LogP contribution in [0.2, 0.25) is 0 Å². The number of rotatable bonds is 9. The number of aliphatic carboxylic acids is 2. The minimum Gasteiger partial charge on any atom is -0.480 e. The third kappa shape index (κ3) is 5.14. The Hall–Kier alpha value is 0.340. The van der Waals surface area contributed by atoms with Crippen LogP contribution in [0, 0.1) is 0 Å². The Bertz CT molecular complexity index is 282. The Kier molecular flexibility index (Phi) is 7.96. The summed E-state index contributed by atoms with van der Waals surface area (Å²) >= 11 is 8.08. The van der Waals surface area contributed by atoms with E-state index in [4.69, 9.17) is 0 Å². The van der Waals surface area contributed by atoms with E-state index < -0.39 is 21.4 Å². The molecule has 0 heterocycles. The molecule has 106 valence electrons. The van der Waals surface area contributed by atoms with Crippen LogP contribution in [-0.2, 0) is 9.59 Å². The second-order valence-corrected chi connectivity index (χ2v) is 8.22. The average molecular weight is 331 g/mol. The third-order valence-corrected chi connectivity index (χ3v) is 6.97. The van der Waals surface area contributed by atoms with Gasteiger partial charge in [0.2, 0.25) is 0 Å². The highest BCUT2D eigenvalue weighted by Gasteiger charge is 2.40. The summed E-state index contributed by atoms with van der Waals surface area (Å²) in [5.41, 5.74) is 0. The SMILES string of the molecule is CC(CCS)(SSC(C)(CCS)C(=O)O)C(=O)O. The quantitative estimate of drug-likeness (QED) is 0.385. The maximum Gasteiger partial charge on any atom is 0.320 e. The van der Waals surface area contributed by atoms with Crippen molar-refractivity contribution in [3.63, 3.8) is 0 Å². The van der Waals surface area contributed by atoms with E-state index in [9.17, 15) is 19.8 Å². The van der Waals surface area contributed by atoms with Crippen LogP contribution in [0.1, 0.15) is 26.7 Å². The minimum atomic E-state index is -1.03. The van der Waals surface area contributed by atoms with Gasteiger partial charge in [0.1, 0.15) is 9.49 Å². The first-order chi connectivity index (χ1) is 8.22. The van der Waals surface area contributed by atoms with E-state index in [-0.39, 0.29) is 0 Å². The number of carboxylic acid groups (broad SMARTS) is 2. The van der Waals surface area contributed by atoms with Crippen molar-refractivity contribution in [2.75, 3.05) is 11.5 Å². The summed E-state index contributed by atoms with van der Waals surface area (Å²) in [6.45, 7) is 3.18. The van der Waals surface area contributed by atoms with Gasteiger partial charge in [0.15, 0.2) is 0 Å². The lowest BCUT2D eigenvalue weighted by Gasteiger charge is -2.28. The summed E-state index contributed by atoms with van der Waals surface area (Å²) in [5.74, 6) is -1.03. The molecule has 2 atom stereocenters. The largest absolute Gasteiger partial charge is 0.480 e. The van der Waals surface area contributed by atoms with Gasteiger partial charge >= 0.3 is 11.9 Å². The van der Waals surface area contributed by atoms with Gasteiger partial charge in [-0.15, -0.1) is 0 Å². The Labute approximate surface area is 126 Å². The molecule has 0 aliphatic rings. The molecule has 0 spiro atoms. The molecule has 0 aliphatic carbocycles. The first kappa shape index (κ1) is 18.3. The third-order valence-electron chi connectivity index (χ3n) is 2.49. The van der Waals surface area contributed by atoms with Crippen LogP contribution in [0.4, 0.5) is 0 Å². The maximum atomic E-state index is 11.2. The van der Waals surface area contributed by atoms with Crippen molar-refractivity contribution in [1.82, 2.24) is 0 Å². The molecule has 0 aromatic carbocycles. The van der Waals surface area contributed by atoms with Crippen LogP contribution in [0.5, 0.6) is 0 Å². The zero-order valence-corrected chi connectivity index (χ0v) is 13.7. The van der Waals surface area contributed by atoms with Crippen LogP contribution < -0.4 is 0 Å². The van der Waals surface area contributed by atoms with E-state index in [1.807, 2.05) is 0 Å². The zero-order chi connectivity index (χ0) is 14.4. The van der Waals surface area contributed by atoms with Gasteiger partial charge in [-0.3, -0.25) is 9.59 Å². The molecule has 0 aromatic rings. The highest BCUT2D eigenvalue weighted by molar-refractivity contribution is 8.78. The predicted molar refractivity (Wildman–Crippen MR) is 84.2 cm³/mol. The summed E-state index contributed by atoms with van der Waals surface area (Å²) in [6.07, 6.45) is 0.749. The van der Waals surface area contributed by atoms with E-state index in [0.29, 0.717) is 24.3 Å². The second-order valence-electron chi connectivity index (χ2n) is 4.19. The second kappa shape index (κ2) is 7.81. The van der Waals surface area contributed by atoms with Crippen LogP contribution in [0.15, 0.2) is 0 Å². The summed E-state index contributed by atoms with van der Waals surface area (Å²) in [4.78, 5) is 22.5. The smallest absolute Gasteiger partial charge is 0.320 e. The first-order valence-electron chi connectivity index (χ1n) is 5.27. The molecule has 0 rings (SSSR count). The van der Waals surface area contributed by atoms with Crippen molar-refractivity contribution in [2.45, 2.75) is 36.2 Å². The standard InChI is InChI=1S/C10H18O4S4/c1-9(3-5-15,7(11)12)17-18-10(2,4-6-16)8(13)14/h15-16H,3-6H2,1-2H3,(H,11,12)(H,13,14). The number of carboxylic acids is 2. The molecule has 2 N–H and O–H groups in total. The molecular formula is C10H18O4S4. The molecule has 0 fully saturated rings. The van der Waals surface area contributed by atoms with Crippen LogP contribution >= 0.6 is 46.8 Å². The number of thiol groups is 2. The average Bonchev–Trinajstić information content (AvgIpc) is 2.27. The molecule has 0 aromatic heterocycles. The van der Waals surface area contributed by atoms with E-state index in [0.717, 1.165) is 21.6 Å². The Balaban J connectivity index is 4.77. The topological polar surface area (TPSA) is 74.6 Å². The molecule has 2 unspecified atom stereocenters. The molecular weight excluding hydrogens is 312 g/mol. The first-order valence-corrected chi connectivity index (χ1v) is 8.68. The molecule has 0 radical (unpaired) electrons. The highest BCUT2D eigenvalue weighted by Crippen LogP contribution is 2.47. The predicted octanol–water partition coefficient (Wildman–Crippen LogP) is 2.69. The fourth-order valence-electron chi connectivity index (χ4n) is 0.979. The lowest BCUT2D eigenvalue weighted by Crippen LogP contribution is -2.35. The van der Waals surface area contributed by atoms with Crippen LogP contribution in [0.25, 0.3) is 0 Å². The van der Waals surface area contributed by atoms with Crippen LogP contribution in [-0.4, -0.2) is 43.2 Å². The monoisotopic (exact) mass is 330 g/mol. The van der Waals surface area contributed by atoms with Gasteiger partial charge in [0.25, 0.3) is 0 Å². The van der Waals surface area contributed by atoms with Crippen LogP contribution in [0.3, 0.4) is 0 Å². The summed E-state index contributed by atoms with van der Waals surface area (Å²) in [5, 5.41) is 18.4. The zero-order valence-electron chi connectivity index (χ0n) is 10.3. The lowest BCUT2D eigenvalue weighted by molar-refractivity contribution is -0.140. The molecule has 0 saturated carbocycles. The molecule has 18 heavy (non-hydrogen) atoms. The normalized spacial score (nSPS) is 17.8. The molecule has 0 bridgehead atoms. The van der Waals surface area contributed by atoms with Gasteiger partial charge in [-0.2, -0.15) is 25.3 Å². The van der Waals surface area contributed by atoms with E-state index >= 15 is 0 Å². The van der Waals surface area contributed by atoms with E-state index in [1.165, 1.54) is 0 Å². The van der Waals surface area contributed by atoms with Gasteiger partial charge in [0, 0.05) is 0 Å². The molecule has 4 nitrogen and oxygen atoms in total. The minimum absolute atomic E-state index is 0.375. The Morgan fingerprint density at radius 3 is 1.39 bits per heavy atom. The fraction of sp³-hybridized carbons (Fsp3) is 0.800. The van der Waals surface area contributed by atoms with Gasteiger partial charge < -0.3 is 10.2 Å². The van der Waals surface area contributed by atoms with Gasteiger partial charge in [-0.1, -0.05) is 21.6 Å². The number of hydrogen-bond donors (Lipinski definition) is 4. The molecule has 8 heteroatoms. The summed E-state index contributed by atoms with van der Waals surface area (Å²) in [7, 11) is 2.17. The van der Waals surface area contributed by atoms with Crippen molar-refractivity contribution >= 4 is 58.8 Å². The fourth-order valence-corrected chi connectivity index (χ4v) is 5.09. The van der Waals surface area contributed by atoms with E-state index in [2.05, 4.69) is 25.3 Å². The van der Waals surface area contributed by atoms with Crippen molar-refractivity contribution in [1.29, 1.82) is 0 Å². The number of hydrogen-bond acceptors (Lipinski definition) is 6. The van der Waals surface area contributed by atoms with Crippen molar-refractivity contribution in [3.05, 3.63) is 0 Å². The van der Waals surface area contributed by atoms with Gasteiger partial charge in [0.05, 0.1) is 0 Å². The van der Waals surface area contributed by atoms with Crippen molar-refractivity contribution < 1.29 is 19.8 Å². The van der Waals surface area contributed by atoms with Crippen molar-refractivity contribution in [2.24, 2.45) is 0 Å². The van der Waals surface area contributed by atoms with Crippen molar-refractivity contribution in [3.8, 4) is 0 Å². The number of carbonyl (C=O) groups is 2.